The van der Waals surface area contributed by atoms with Gasteiger partial charge in [0.25, 0.3) is 0 Å². The highest BCUT2D eigenvalue weighted by Gasteiger charge is 2.18. The molecule has 1 unspecified atom stereocenters. The van der Waals surface area contributed by atoms with Crippen LogP contribution >= 0.6 is 11.6 Å². The molecule has 0 heterocycles. The minimum Gasteiger partial charge on any atom is -0.495 e. The second-order valence-corrected chi connectivity index (χ2v) is 5.90. The van der Waals surface area contributed by atoms with E-state index < -0.39 is 0 Å². The van der Waals surface area contributed by atoms with Gasteiger partial charge in [0.15, 0.2) is 0 Å². The summed E-state index contributed by atoms with van der Waals surface area (Å²) in [6.07, 6.45) is 4.84. The molecule has 110 valence electrons. The summed E-state index contributed by atoms with van der Waals surface area (Å²) in [5.74, 6) is 0.712. The normalized spacial score (nSPS) is 17.7. The van der Waals surface area contributed by atoms with Gasteiger partial charge in [-0.25, -0.2) is 0 Å². The molecular formula is C18H20ClNO. The molecule has 0 fully saturated rings. The number of rotatable bonds is 3. The van der Waals surface area contributed by atoms with Crippen LogP contribution in [0.3, 0.4) is 0 Å². The number of anilines is 1. The van der Waals surface area contributed by atoms with E-state index in [9.17, 15) is 0 Å². The third kappa shape index (κ3) is 3.16. The van der Waals surface area contributed by atoms with E-state index in [1.807, 2.05) is 18.2 Å². The fourth-order valence-corrected chi connectivity index (χ4v) is 3.29. The van der Waals surface area contributed by atoms with Gasteiger partial charge in [-0.2, -0.15) is 0 Å². The second kappa shape index (κ2) is 6.40. The average Bonchev–Trinajstić information content (AvgIpc) is 2.70. The SMILES string of the molecule is COc1ccc(NC2CCCCc3ccccc32)cc1Cl. The maximum absolute atomic E-state index is 6.21. The molecule has 1 atom stereocenters. The number of hydrogen-bond donors (Lipinski definition) is 1. The quantitative estimate of drug-likeness (QED) is 0.784. The predicted molar refractivity (Wildman–Crippen MR) is 88.4 cm³/mol. The van der Waals surface area contributed by atoms with E-state index in [4.69, 9.17) is 16.3 Å². The molecular weight excluding hydrogens is 282 g/mol. The zero-order valence-corrected chi connectivity index (χ0v) is 13.0. The van der Waals surface area contributed by atoms with Gasteiger partial charge in [0, 0.05) is 5.69 Å². The summed E-state index contributed by atoms with van der Waals surface area (Å²) in [7, 11) is 1.63. The van der Waals surface area contributed by atoms with Crippen LogP contribution in [-0.4, -0.2) is 7.11 Å². The summed E-state index contributed by atoms with van der Waals surface area (Å²) in [6, 6.07) is 15.0. The fourth-order valence-electron chi connectivity index (χ4n) is 3.03. The number of ether oxygens (including phenoxy) is 1. The molecule has 3 rings (SSSR count). The molecule has 1 N–H and O–H groups in total. The third-order valence-corrected chi connectivity index (χ3v) is 4.41. The van der Waals surface area contributed by atoms with Crippen molar-refractivity contribution < 1.29 is 4.74 Å². The van der Waals surface area contributed by atoms with Crippen molar-refractivity contribution in [1.29, 1.82) is 0 Å². The van der Waals surface area contributed by atoms with E-state index in [1.165, 1.54) is 30.4 Å². The molecule has 0 bridgehead atoms. The number of methoxy groups -OCH3 is 1. The maximum Gasteiger partial charge on any atom is 0.137 e. The minimum atomic E-state index is 0.355. The van der Waals surface area contributed by atoms with Crippen molar-refractivity contribution in [1.82, 2.24) is 0 Å². The Morgan fingerprint density at radius 2 is 2.00 bits per heavy atom. The summed E-state index contributed by atoms with van der Waals surface area (Å²) in [5.41, 5.74) is 3.93. The lowest BCUT2D eigenvalue weighted by Crippen LogP contribution is -2.11. The van der Waals surface area contributed by atoms with Crippen molar-refractivity contribution in [3.63, 3.8) is 0 Å². The van der Waals surface area contributed by atoms with E-state index in [-0.39, 0.29) is 0 Å². The standard InChI is InChI=1S/C18H20ClNO/c1-21-18-11-10-14(12-16(18)19)20-17-9-5-3-7-13-6-2-4-8-15(13)17/h2,4,6,8,10-12,17,20H,3,5,7,9H2,1H3. The van der Waals surface area contributed by atoms with Crippen LogP contribution in [-0.2, 0) is 6.42 Å². The molecule has 2 aromatic rings. The molecule has 21 heavy (non-hydrogen) atoms. The van der Waals surface area contributed by atoms with Crippen LogP contribution in [0.25, 0.3) is 0 Å². The van der Waals surface area contributed by atoms with Crippen molar-refractivity contribution >= 4 is 17.3 Å². The Hall–Kier alpha value is -1.67. The summed E-state index contributed by atoms with van der Waals surface area (Å²) in [6.45, 7) is 0. The number of aryl methyl sites for hydroxylation is 1. The van der Waals surface area contributed by atoms with E-state index >= 15 is 0 Å². The summed E-state index contributed by atoms with van der Waals surface area (Å²) in [4.78, 5) is 0. The molecule has 0 saturated carbocycles. The van der Waals surface area contributed by atoms with Crippen molar-refractivity contribution in [3.8, 4) is 5.75 Å². The van der Waals surface area contributed by atoms with Crippen molar-refractivity contribution in [2.24, 2.45) is 0 Å². The number of nitrogens with one attached hydrogen (secondary N) is 1. The highest BCUT2D eigenvalue weighted by atomic mass is 35.5. The Morgan fingerprint density at radius 3 is 2.81 bits per heavy atom. The van der Waals surface area contributed by atoms with Crippen molar-refractivity contribution in [3.05, 3.63) is 58.6 Å². The van der Waals surface area contributed by atoms with Crippen molar-refractivity contribution in [2.75, 3.05) is 12.4 Å². The highest BCUT2D eigenvalue weighted by molar-refractivity contribution is 6.32. The first kappa shape index (κ1) is 14.3. The van der Waals surface area contributed by atoms with E-state index in [0.29, 0.717) is 16.8 Å². The Morgan fingerprint density at radius 1 is 1.14 bits per heavy atom. The molecule has 1 aliphatic rings. The molecule has 3 heteroatoms. The zero-order valence-electron chi connectivity index (χ0n) is 12.2. The van der Waals surface area contributed by atoms with Gasteiger partial charge in [-0.15, -0.1) is 0 Å². The van der Waals surface area contributed by atoms with E-state index in [1.54, 1.807) is 7.11 Å². The zero-order chi connectivity index (χ0) is 14.7. The van der Waals surface area contributed by atoms with Gasteiger partial charge in [-0.1, -0.05) is 42.3 Å². The average molecular weight is 302 g/mol. The Bertz CT molecular complexity index is 626. The smallest absolute Gasteiger partial charge is 0.137 e. The lowest BCUT2D eigenvalue weighted by Gasteiger charge is -2.21. The molecule has 0 aromatic heterocycles. The Kier molecular flexibility index (Phi) is 4.35. The van der Waals surface area contributed by atoms with Gasteiger partial charge in [0.1, 0.15) is 5.75 Å². The van der Waals surface area contributed by atoms with Crippen LogP contribution in [0.4, 0.5) is 5.69 Å². The summed E-state index contributed by atoms with van der Waals surface area (Å²) >= 11 is 6.21. The van der Waals surface area contributed by atoms with Gasteiger partial charge >= 0.3 is 0 Å². The minimum absolute atomic E-state index is 0.355. The first-order chi connectivity index (χ1) is 10.3. The number of halogens is 1. The number of fused-ring (bicyclic) bond motifs is 1. The lowest BCUT2D eigenvalue weighted by molar-refractivity contribution is 0.415. The number of benzene rings is 2. The maximum atomic E-state index is 6.21. The molecule has 2 nitrogen and oxygen atoms in total. The third-order valence-electron chi connectivity index (χ3n) is 4.11. The molecule has 0 amide bonds. The van der Waals surface area contributed by atoms with Gasteiger partial charge in [0.05, 0.1) is 18.2 Å². The van der Waals surface area contributed by atoms with Crippen LogP contribution < -0.4 is 10.1 Å². The highest BCUT2D eigenvalue weighted by Crippen LogP contribution is 2.33. The van der Waals surface area contributed by atoms with Crippen molar-refractivity contribution in [2.45, 2.75) is 31.7 Å². The van der Waals surface area contributed by atoms with Crippen LogP contribution in [0.1, 0.15) is 36.4 Å². The molecule has 0 aliphatic heterocycles. The topological polar surface area (TPSA) is 21.3 Å². The Labute approximate surface area is 131 Å². The van der Waals surface area contributed by atoms with Gasteiger partial charge in [-0.3, -0.25) is 0 Å². The van der Waals surface area contributed by atoms with Gasteiger partial charge < -0.3 is 10.1 Å². The second-order valence-electron chi connectivity index (χ2n) is 5.49. The van der Waals surface area contributed by atoms with Crippen LogP contribution in [0.2, 0.25) is 5.02 Å². The summed E-state index contributed by atoms with van der Waals surface area (Å²) in [5, 5.41) is 4.27. The number of hydrogen-bond acceptors (Lipinski definition) is 2. The largest absolute Gasteiger partial charge is 0.495 e. The van der Waals surface area contributed by atoms with E-state index in [2.05, 4.69) is 29.6 Å². The molecule has 0 radical (unpaired) electrons. The lowest BCUT2D eigenvalue weighted by atomic mass is 9.99. The van der Waals surface area contributed by atoms with Crippen LogP contribution in [0.5, 0.6) is 5.75 Å². The van der Waals surface area contributed by atoms with Crippen LogP contribution in [0.15, 0.2) is 42.5 Å². The first-order valence-corrected chi connectivity index (χ1v) is 7.83. The molecule has 0 spiro atoms. The fraction of sp³-hybridized carbons (Fsp3) is 0.333. The molecule has 0 saturated heterocycles. The van der Waals surface area contributed by atoms with Crippen LogP contribution in [0, 0.1) is 0 Å². The Balaban J connectivity index is 1.86. The first-order valence-electron chi connectivity index (χ1n) is 7.46. The molecule has 2 aromatic carbocycles. The molecule has 1 aliphatic carbocycles. The van der Waals surface area contributed by atoms with Gasteiger partial charge in [0.2, 0.25) is 0 Å². The van der Waals surface area contributed by atoms with E-state index in [0.717, 1.165) is 12.1 Å². The monoisotopic (exact) mass is 301 g/mol. The summed E-state index contributed by atoms with van der Waals surface area (Å²) < 4.78 is 5.21. The predicted octanol–water partition coefficient (Wildman–Crippen LogP) is 5.23. The van der Waals surface area contributed by atoms with Gasteiger partial charge in [-0.05, 0) is 48.6 Å².